The Bertz CT molecular complexity index is 1950. The molecule has 25 heteroatoms. The zero-order chi connectivity index (χ0) is 31.8. The number of nitrogens with zero attached hydrogens (tertiary/aromatic N) is 7. The molecule has 3 fully saturated rings. The fourth-order valence-corrected chi connectivity index (χ4v) is 8.17. The van der Waals surface area contributed by atoms with Crippen LogP contribution in [0.25, 0.3) is 22.3 Å². The van der Waals surface area contributed by atoms with Crippen LogP contribution in [-0.4, -0.2) is 89.0 Å². The highest BCUT2D eigenvalue weighted by molar-refractivity contribution is 8.44. The van der Waals surface area contributed by atoms with Gasteiger partial charge in [0.05, 0.1) is 25.9 Å². The van der Waals surface area contributed by atoms with E-state index in [9.17, 15) is 13.9 Å². The molecule has 5 N–H and O–H groups in total. The predicted octanol–water partition coefficient (Wildman–Crippen LogP) is 1.49. The lowest BCUT2D eigenvalue weighted by molar-refractivity contribution is -0.0563. The zero-order valence-electron chi connectivity index (χ0n) is 22.3. The topological polar surface area (TPSA) is 249 Å². The Hall–Kier alpha value is -2.72. The quantitative estimate of drug-likeness (QED) is 0.146. The second kappa shape index (κ2) is 11.2. The third kappa shape index (κ3) is 5.53. The molecule has 4 aromatic rings. The average molecular weight is 711 g/mol. The van der Waals surface area contributed by atoms with Gasteiger partial charge < -0.3 is 20.9 Å². The van der Waals surface area contributed by atoms with Crippen molar-refractivity contribution in [3.8, 4) is 0 Å². The summed E-state index contributed by atoms with van der Waals surface area (Å²) in [4.78, 5) is 34.6. The second-order valence-corrected chi connectivity index (χ2v) is 15.8. The number of thiol groups is 2. The van der Waals surface area contributed by atoms with Crippen LogP contribution in [0.15, 0.2) is 23.8 Å². The number of halogens is 2. The van der Waals surface area contributed by atoms with Crippen LogP contribution in [0.1, 0.15) is 12.5 Å². The van der Waals surface area contributed by atoms with Gasteiger partial charge in [0.1, 0.15) is 36.3 Å². The van der Waals surface area contributed by atoms with Crippen LogP contribution < -0.4 is 17.0 Å². The number of hydrogen-bond acceptors (Lipinski definition) is 16. The minimum absolute atomic E-state index is 0.0341. The third-order valence-corrected chi connectivity index (χ3v) is 10.5. The van der Waals surface area contributed by atoms with Gasteiger partial charge in [-0.05, 0) is 0 Å². The van der Waals surface area contributed by atoms with E-state index >= 15 is 8.78 Å². The summed E-state index contributed by atoms with van der Waals surface area (Å²) >= 11 is 7.94. The number of anilines is 2. The van der Waals surface area contributed by atoms with Crippen LogP contribution in [0.4, 0.5) is 20.5 Å². The third-order valence-electron chi connectivity index (χ3n) is 7.23. The Morgan fingerprint density at radius 1 is 0.844 bits per heavy atom. The predicted molar refractivity (Wildman–Crippen MR) is 155 cm³/mol. The summed E-state index contributed by atoms with van der Waals surface area (Å²) in [6, 6.07) is 0. The average Bonchev–Trinajstić information content (AvgIpc) is 3.72. The standard InChI is InChI=1S/C20H22F2N10O9P2S2/c21-8-6-1-36-42(34,44)40-12-7(39-18(9(12)22)31-4-27-10-14(23)25-3-26-15(10)31)2-37-43(35,45)41-13(8)19(38-6)32-5-28-11-16(32)29-20(24)30-17(11)33/h3-9,12-13,18-19H,1-2H2,(H,34,44)(H,35,45)(H2,23,25,26)(H3,24,29,30,33)/t6-,7-,8-,9-,12-,13-,18-,19-,42-,43-/m1/s1. The van der Waals surface area contributed by atoms with Gasteiger partial charge in [0.2, 0.25) is 5.95 Å². The molecular weight excluding hydrogens is 688 g/mol. The minimum Gasteiger partial charge on any atom is -0.382 e. The molecule has 3 aliphatic heterocycles. The van der Waals surface area contributed by atoms with Crippen LogP contribution in [-0.2, 0) is 36.7 Å². The van der Waals surface area contributed by atoms with E-state index in [0.29, 0.717) is 0 Å². The number of aromatic amines is 1. The molecule has 19 nitrogen and oxygen atoms in total. The minimum atomic E-state index is -4.50. The SMILES string of the molecule is Nc1nc2c(ncn2[C@@H]2O[C@@H]3CO[P@@](=O)(S)O[C@H]4[C@@H](F)[C@H](n5cnc6c(N)ncnc65)O[C@@H]4CO[P@@](=O)(S)O[C@@H]2[C@@H]3F)c(=O)[nH]1. The van der Waals surface area contributed by atoms with Crippen molar-refractivity contribution in [2.45, 2.75) is 49.2 Å². The molecule has 0 saturated carbocycles. The molecule has 3 aliphatic rings. The summed E-state index contributed by atoms with van der Waals surface area (Å²) in [7, 11) is 0. The van der Waals surface area contributed by atoms with Gasteiger partial charge in [0.25, 0.3) is 5.56 Å². The number of nitrogens with one attached hydrogen (secondary N) is 1. The van der Waals surface area contributed by atoms with Crippen molar-refractivity contribution in [1.29, 1.82) is 0 Å². The van der Waals surface area contributed by atoms with Gasteiger partial charge in [-0.1, -0.05) is 24.5 Å². The number of alkyl halides is 2. The highest BCUT2D eigenvalue weighted by atomic mass is 32.7. The van der Waals surface area contributed by atoms with Crippen molar-refractivity contribution >= 4 is 72.2 Å². The van der Waals surface area contributed by atoms with Gasteiger partial charge in [-0.15, -0.1) is 0 Å². The van der Waals surface area contributed by atoms with Crippen LogP contribution in [0, 0.1) is 0 Å². The Balaban J connectivity index is 1.21. The molecule has 45 heavy (non-hydrogen) atoms. The molecular formula is C20H22F2N10O9P2S2. The van der Waals surface area contributed by atoms with Gasteiger partial charge in [-0.3, -0.25) is 37.0 Å². The summed E-state index contributed by atoms with van der Waals surface area (Å²) in [5.74, 6) is -0.234. The van der Waals surface area contributed by atoms with Crippen molar-refractivity contribution in [1.82, 2.24) is 39.0 Å². The molecule has 0 unspecified atom stereocenters. The Labute approximate surface area is 259 Å². The number of ether oxygens (including phenoxy) is 2. The van der Waals surface area contributed by atoms with Crippen LogP contribution in [0.3, 0.4) is 0 Å². The zero-order valence-corrected chi connectivity index (χ0v) is 25.8. The monoisotopic (exact) mass is 710 g/mol. The van der Waals surface area contributed by atoms with Gasteiger partial charge in [-0.25, -0.2) is 37.8 Å². The first-order chi connectivity index (χ1) is 21.3. The van der Waals surface area contributed by atoms with E-state index in [0.717, 1.165) is 17.2 Å². The largest absolute Gasteiger partial charge is 0.386 e. The van der Waals surface area contributed by atoms with Crippen molar-refractivity contribution < 1.29 is 45.5 Å². The van der Waals surface area contributed by atoms with Crippen molar-refractivity contribution in [2.24, 2.45) is 0 Å². The second-order valence-electron chi connectivity index (χ2n) is 10.0. The molecule has 7 rings (SSSR count). The summed E-state index contributed by atoms with van der Waals surface area (Å²) in [5, 5.41) is 0. The maximum Gasteiger partial charge on any atom is 0.386 e. The van der Waals surface area contributed by atoms with Crippen molar-refractivity contribution in [2.75, 3.05) is 24.7 Å². The highest BCUT2D eigenvalue weighted by Crippen LogP contribution is 2.60. The van der Waals surface area contributed by atoms with E-state index in [4.69, 9.17) is 39.0 Å². The van der Waals surface area contributed by atoms with Crippen LogP contribution in [0.2, 0.25) is 0 Å². The van der Waals surface area contributed by atoms with E-state index in [1.54, 1.807) is 0 Å². The van der Waals surface area contributed by atoms with Gasteiger partial charge in [-0.2, -0.15) is 4.98 Å². The molecule has 0 spiro atoms. The molecule has 4 aromatic heterocycles. The summed E-state index contributed by atoms with van der Waals surface area (Å²) in [6.45, 7) is -10.4. The molecule has 3 saturated heterocycles. The van der Waals surface area contributed by atoms with E-state index < -0.39 is 81.6 Å². The molecule has 0 amide bonds. The molecule has 0 aliphatic carbocycles. The molecule has 2 bridgehead atoms. The number of aromatic nitrogens is 8. The highest BCUT2D eigenvalue weighted by Gasteiger charge is 2.54. The lowest BCUT2D eigenvalue weighted by Gasteiger charge is -2.26. The van der Waals surface area contributed by atoms with E-state index in [-0.39, 0.29) is 34.1 Å². The number of hydrogen-bond donors (Lipinski definition) is 5. The fourth-order valence-electron chi connectivity index (χ4n) is 5.23. The number of nitrogen functional groups attached to an aromatic ring is 2. The number of nitrogens with two attached hydrogens (primary N) is 2. The number of fused-ring (bicyclic) bond motifs is 5. The van der Waals surface area contributed by atoms with E-state index in [1.165, 1.54) is 10.9 Å². The van der Waals surface area contributed by atoms with Gasteiger partial charge >= 0.3 is 13.6 Å². The Morgan fingerprint density at radius 2 is 1.47 bits per heavy atom. The first kappa shape index (κ1) is 30.9. The van der Waals surface area contributed by atoms with E-state index in [2.05, 4.69) is 54.4 Å². The first-order valence-corrected chi connectivity index (χ1v) is 18.3. The van der Waals surface area contributed by atoms with Gasteiger partial charge in [0.15, 0.2) is 47.4 Å². The molecule has 7 heterocycles. The lowest BCUT2D eigenvalue weighted by Crippen LogP contribution is -2.33. The molecule has 0 aromatic carbocycles. The number of rotatable bonds is 2. The van der Waals surface area contributed by atoms with Gasteiger partial charge in [0, 0.05) is 0 Å². The fraction of sp³-hybridized carbons (Fsp3) is 0.500. The summed E-state index contributed by atoms with van der Waals surface area (Å²) in [5.41, 5.74) is 10.8. The van der Waals surface area contributed by atoms with E-state index in [1.807, 2.05) is 0 Å². The molecule has 242 valence electrons. The normalized spacial score (nSPS) is 37.7. The van der Waals surface area contributed by atoms with Crippen molar-refractivity contribution in [3.63, 3.8) is 0 Å². The number of imidazole rings is 2. The molecule has 10 atom stereocenters. The number of H-pyrrole nitrogens is 1. The maximum absolute atomic E-state index is 16.0. The summed E-state index contributed by atoms with van der Waals surface area (Å²) < 4.78 is 94.2. The van der Waals surface area contributed by atoms with Crippen molar-refractivity contribution in [3.05, 3.63) is 29.3 Å². The van der Waals surface area contributed by atoms with Crippen LogP contribution in [0.5, 0.6) is 0 Å². The maximum atomic E-state index is 16.0. The molecule has 0 radical (unpaired) electrons. The van der Waals surface area contributed by atoms with Crippen LogP contribution >= 0.6 is 38.1 Å². The Kier molecular flexibility index (Phi) is 7.70. The Morgan fingerprint density at radius 3 is 2.20 bits per heavy atom. The smallest absolute Gasteiger partial charge is 0.382 e. The lowest BCUT2D eigenvalue weighted by atomic mass is 10.1. The summed E-state index contributed by atoms with van der Waals surface area (Å²) in [6.07, 6.45) is -10.0. The first-order valence-electron chi connectivity index (χ1n) is 12.9.